The molecule has 0 aromatic rings. The Hall–Kier alpha value is 0.716. The molecule has 0 heterocycles. The summed E-state index contributed by atoms with van der Waals surface area (Å²) in [6.07, 6.45) is 2.79. The summed E-state index contributed by atoms with van der Waals surface area (Å²) < 4.78 is 1.47. The molecule has 0 atom stereocenters. The molecule has 0 bridgehead atoms. The molecule has 52 valence electrons. The van der Waals surface area contributed by atoms with Gasteiger partial charge in [0.2, 0.25) is 0 Å². The van der Waals surface area contributed by atoms with E-state index in [0.717, 1.165) is 0 Å². The van der Waals surface area contributed by atoms with E-state index in [-0.39, 0.29) is 24.7 Å². The zero-order chi connectivity index (χ0) is 7.54. The van der Waals surface area contributed by atoms with Crippen LogP contribution in [0.25, 0.3) is 0 Å². The molecule has 0 radical (unpaired) electrons. The van der Waals surface area contributed by atoms with Crippen molar-refractivity contribution in [1.29, 1.82) is 0 Å². The second-order valence-electron chi connectivity index (χ2n) is 1.50. The Balaban J connectivity index is 0. The van der Waals surface area contributed by atoms with Gasteiger partial charge in [-0.1, -0.05) is 19.8 Å². The van der Waals surface area contributed by atoms with E-state index in [4.69, 9.17) is 9.90 Å². The summed E-state index contributed by atoms with van der Waals surface area (Å²) in [5.74, 6) is 0. The quantitative estimate of drug-likeness (QED) is 0.436. The predicted molar refractivity (Wildman–Crippen MR) is 43.1 cm³/mol. The number of halogens is 1. The number of carbonyl (C=O) groups is 1. The minimum atomic E-state index is -0.250. The third kappa shape index (κ3) is 28.5. The van der Waals surface area contributed by atoms with Crippen LogP contribution in [0.5, 0.6) is 0 Å². The largest absolute Gasteiger partial charge is 0.483 e. The van der Waals surface area contributed by atoms with Crippen molar-refractivity contribution in [2.24, 2.45) is 0 Å². The van der Waals surface area contributed by atoms with Gasteiger partial charge in [-0.15, -0.1) is 4.55 Å². The van der Waals surface area contributed by atoms with Crippen LogP contribution < -0.4 is 0 Å². The summed E-state index contributed by atoms with van der Waals surface area (Å²) >= 11 is 3.70. The van der Waals surface area contributed by atoms with Crippen LogP contribution in [0.15, 0.2) is 0 Å². The van der Waals surface area contributed by atoms with E-state index in [1.807, 2.05) is 0 Å². The average Bonchev–Trinajstić information content (AvgIpc) is 1.86. The molecule has 0 spiro atoms. The first-order chi connectivity index (χ1) is 4.33. The van der Waals surface area contributed by atoms with E-state index in [1.54, 1.807) is 0 Å². The second-order valence-corrected chi connectivity index (χ2v) is 4.97. The van der Waals surface area contributed by atoms with Crippen molar-refractivity contribution in [1.82, 2.24) is 0 Å². The van der Waals surface area contributed by atoms with Gasteiger partial charge >= 0.3 is 18.2 Å². The molecule has 2 nitrogen and oxygen atoms in total. The minimum absolute atomic E-state index is 0.215. The first kappa shape index (κ1) is 12.4. The number of hydrogen-bond acceptors (Lipinski definition) is 1. The summed E-state index contributed by atoms with van der Waals surface area (Å²) in [6, 6.07) is 0. The smallest absolute Gasteiger partial charge is 0.468 e. The predicted octanol–water partition coefficient (Wildman–Crippen LogP) is 1.92. The number of rotatable bonds is 3. The fraction of sp³-hybridized carbons (Fsp3) is 0.800. The van der Waals surface area contributed by atoms with Crippen molar-refractivity contribution in [2.45, 2.75) is 24.3 Å². The van der Waals surface area contributed by atoms with Crippen LogP contribution in [-0.4, -0.2) is 29.8 Å². The highest BCUT2D eigenvalue weighted by molar-refractivity contribution is 9.23. The van der Waals surface area contributed by atoms with Crippen LogP contribution >= 0.6 is 12.9 Å². The molecule has 0 aromatic carbocycles. The van der Waals surface area contributed by atoms with Gasteiger partial charge in [-0.25, -0.2) is 0 Å². The topological polar surface area (TPSA) is 37.3 Å². The van der Waals surface area contributed by atoms with Gasteiger partial charge in [0.25, 0.3) is 6.47 Å². The van der Waals surface area contributed by atoms with Crippen molar-refractivity contribution < 1.29 is 9.90 Å². The van der Waals surface area contributed by atoms with Crippen molar-refractivity contribution >= 4 is 37.5 Å². The average molecular weight is 207 g/mol. The number of unbranched alkanes of at least 4 members (excludes halogenated alkanes) is 1. The molecule has 0 unspecified atom stereocenters. The van der Waals surface area contributed by atoms with Gasteiger partial charge < -0.3 is 18.0 Å². The summed E-state index contributed by atoms with van der Waals surface area (Å²) in [4.78, 5) is 8.36. The molecule has 0 saturated heterocycles. The Kier molecular flexibility index (Phi) is 21.9. The third-order valence-electron chi connectivity index (χ3n) is 0.737. The molecule has 0 amide bonds. The van der Waals surface area contributed by atoms with Gasteiger partial charge in [-0.2, -0.15) is 0 Å². The van der Waals surface area contributed by atoms with E-state index >= 15 is 0 Å². The van der Waals surface area contributed by atoms with Crippen molar-refractivity contribution in [3.63, 3.8) is 0 Å². The van der Waals surface area contributed by atoms with E-state index < -0.39 is 0 Å². The van der Waals surface area contributed by atoms with Gasteiger partial charge in [0.15, 0.2) is 0 Å². The molecule has 4 heteroatoms. The van der Waals surface area contributed by atoms with Gasteiger partial charge in [0.1, 0.15) is 0 Å². The van der Waals surface area contributed by atoms with Crippen molar-refractivity contribution in [3.05, 3.63) is 0 Å². The van der Waals surface area contributed by atoms with Crippen LogP contribution in [0, 0.1) is 0 Å². The molecular formula is C5H11BrMgO2. The highest BCUT2D eigenvalue weighted by Gasteiger charge is 1.84. The molecule has 0 saturated carbocycles. The van der Waals surface area contributed by atoms with Crippen molar-refractivity contribution in [3.8, 4) is 0 Å². The molecule has 0 aliphatic heterocycles. The summed E-state index contributed by atoms with van der Waals surface area (Å²) in [7, 11) is 0. The zero-order valence-electron chi connectivity index (χ0n) is 5.64. The van der Waals surface area contributed by atoms with E-state index in [0.29, 0.717) is 0 Å². The molecule has 0 rings (SSSR count). The van der Waals surface area contributed by atoms with Gasteiger partial charge in [-0.05, 0) is 0 Å². The van der Waals surface area contributed by atoms with Crippen LogP contribution in [0.2, 0.25) is 4.55 Å². The van der Waals surface area contributed by atoms with E-state index in [1.165, 1.54) is 17.4 Å². The first-order valence-corrected chi connectivity index (χ1v) is 7.87. The molecular weight excluding hydrogens is 196 g/mol. The Labute approximate surface area is 71.6 Å². The maximum Gasteiger partial charge on any atom is 0.468 e. The fourth-order valence-corrected chi connectivity index (χ4v) is 2.22. The fourth-order valence-electron chi connectivity index (χ4n) is 0.344. The maximum atomic E-state index is 8.36. The Morgan fingerprint density at radius 1 is 1.78 bits per heavy atom. The highest BCUT2D eigenvalue weighted by atomic mass is 79.9. The first-order valence-electron chi connectivity index (χ1n) is 2.97. The SMILES string of the molecule is CCC[CH2][Mg][Br].O=CO. The third-order valence-corrected chi connectivity index (χ3v) is 3.19. The Bertz CT molecular complexity index is 48.2. The lowest BCUT2D eigenvalue weighted by Gasteiger charge is -1.83. The van der Waals surface area contributed by atoms with Gasteiger partial charge in [0, 0.05) is 0 Å². The number of carboxylic acid groups (broad SMARTS) is 1. The van der Waals surface area contributed by atoms with Gasteiger partial charge in [0.05, 0.1) is 0 Å². The van der Waals surface area contributed by atoms with Gasteiger partial charge in [-0.3, -0.25) is 4.79 Å². The highest BCUT2D eigenvalue weighted by Crippen LogP contribution is 1.94. The molecule has 0 aliphatic rings. The molecule has 9 heavy (non-hydrogen) atoms. The second kappa shape index (κ2) is 15.9. The Morgan fingerprint density at radius 2 is 2.22 bits per heavy atom. The van der Waals surface area contributed by atoms with Crippen LogP contribution in [0.1, 0.15) is 19.8 Å². The lowest BCUT2D eigenvalue weighted by molar-refractivity contribution is -0.122. The normalized spacial score (nSPS) is 6.44. The molecule has 0 aromatic heterocycles. The minimum Gasteiger partial charge on any atom is -0.483 e. The maximum absolute atomic E-state index is 8.36. The monoisotopic (exact) mass is 206 g/mol. The summed E-state index contributed by atoms with van der Waals surface area (Å²) in [5, 5.41) is 6.89. The zero-order valence-corrected chi connectivity index (χ0v) is 8.64. The summed E-state index contributed by atoms with van der Waals surface area (Å²) in [6.45, 7) is 1.98. The standard InChI is InChI=1S/C4H9.CH2O2.BrH.Mg/c1-3-4-2;2-1-3;;/h1,3-4H2,2H3;1H,(H,2,3);1H;/q;;;+1/p-1. The van der Waals surface area contributed by atoms with Crippen LogP contribution in [0.4, 0.5) is 0 Å². The van der Waals surface area contributed by atoms with E-state index in [9.17, 15) is 0 Å². The molecule has 0 fully saturated rings. The number of hydrogen-bond donors (Lipinski definition) is 1. The van der Waals surface area contributed by atoms with E-state index in [2.05, 4.69) is 19.8 Å². The van der Waals surface area contributed by atoms with Crippen LogP contribution in [0.3, 0.4) is 0 Å². The summed E-state index contributed by atoms with van der Waals surface area (Å²) in [5.41, 5.74) is 0. The van der Waals surface area contributed by atoms with Crippen molar-refractivity contribution in [2.75, 3.05) is 0 Å². The Morgan fingerprint density at radius 3 is 2.33 bits per heavy atom. The molecule has 1 N–H and O–H groups in total. The lowest BCUT2D eigenvalue weighted by atomic mass is 10.4. The van der Waals surface area contributed by atoms with Crippen LogP contribution in [-0.2, 0) is 4.79 Å². The molecule has 0 aliphatic carbocycles. The lowest BCUT2D eigenvalue weighted by Crippen LogP contribution is -1.72.